The van der Waals surface area contributed by atoms with Crippen molar-refractivity contribution in [3.63, 3.8) is 0 Å². The Morgan fingerprint density at radius 1 is 1.11 bits per heavy atom. The van der Waals surface area contributed by atoms with Crippen molar-refractivity contribution in [2.45, 2.75) is 32.9 Å². The molecule has 0 fully saturated rings. The first kappa shape index (κ1) is 13.6. The van der Waals surface area contributed by atoms with Gasteiger partial charge >= 0.3 is 0 Å². The van der Waals surface area contributed by atoms with E-state index in [1.54, 1.807) is 6.20 Å². The van der Waals surface area contributed by atoms with Gasteiger partial charge in [-0.1, -0.05) is 32.0 Å². The number of nitrogens with zero attached hydrogens (tertiary/aromatic N) is 1. The Bertz CT molecular complexity index is 503. The number of benzene rings is 1. The lowest BCUT2D eigenvalue weighted by atomic mass is 10.0. The van der Waals surface area contributed by atoms with Crippen LogP contribution in [0, 0.1) is 0 Å². The Morgan fingerprint density at radius 2 is 1.84 bits per heavy atom. The Balaban J connectivity index is 1.94. The van der Waals surface area contributed by atoms with Crippen molar-refractivity contribution < 1.29 is 4.74 Å². The summed E-state index contributed by atoms with van der Waals surface area (Å²) >= 11 is 0. The van der Waals surface area contributed by atoms with Crippen molar-refractivity contribution in [2.75, 3.05) is 0 Å². The molecule has 0 saturated carbocycles. The predicted octanol–water partition coefficient (Wildman–Crippen LogP) is 3.24. The number of aromatic nitrogens is 1. The standard InChI is InChI=1S/C16H20N2O/c1-12(2)14-4-7-16(8-5-14)19-11-15-6-3-13(9-17)10-18-15/h3-8,10,12H,9,11,17H2,1-2H3. The third-order valence-corrected chi connectivity index (χ3v) is 3.06. The minimum Gasteiger partial charge on any atom is -0.487 e. The van der Waals surface area contributed by atoms with E-state index in [9.17, 15) is 0 Å². The van der Waals surface area contributed by atoms with Crippen LogP contribution in [-0.4, -0.2) is 4.98 Å². The van der Waals surface area contributed by atoms with E-state index in [1.165, 1.54) is 5.56 Å². The molecular formula is C16H20N2O. The van der Waals surface area contributed by atoms with Gasteiger partial charge in [-0.25, -0.2) is 0 Å². The van der Waals surface area contributed by atoms with Gasteiger partial charge in [0.15, 0.2) is 0 Å². The van der Waals surface area contributed by atoms with Crippen LogP contribution in [0.25, 0.3) is 0 Å². The van der Waals surface area contributed by atoms with E-state index in [0.29, 0.717) is 19.1 Å². The monoisotopic (exact) mass is 256 g/mol. The molecule has 1 aromatic carbocycles. The van der Waals surface area contributed by atoms with Gasteiger partial charge in [-0.05, 0) is 35.2 Å². The van der Waals surface area contributed by atoms with Gasteiger partial charge < -0.3 is 10.5 Å². The molecule has 0 amide bonds. The molecule has 2 rings (SSSR count). The summed E-state index contributed by atoms with van der Waals surface area (Å²) in [4.78, 5) is 4.31. The number of nitrogens with two attached hydrogens (primary N) is 1. The molecule has 0 radical (unpaired) electrons. The Hall–Kier alpha value is -1.87. The minimum absolute atomic E-state index is 0.478. The molecular weight excluding hydrogens is 236 g/mol. The fourth-order valence-electron chi connectivity index (χ4n) is 1.77. The van der Waals surface area contributed by atoms with Gasteiger partial charge in [0.1, 0.15) is 12.4 Å². The van der Waals surface area contributed by atoms with Gasteiger partial charge in [0.2, 0.25) is 0 Å². The SMILES string of the molecule is CC(C)c1ccc(OCc2ccc(CN)cn2)cc1. The number of rotatable bonds is 5. The molecule has 0 aliphatic rings. The molecule has 19 heavy (non-hydrogen) atoms. The van der Waals surface area contributed by atoms with Crippen LogP contribution in [0.15, 0.2) is 42.6 Å². The quantitative estimate of drug-likeness (QED) is 0.893. The molecule has 2 N–H and O–H groups in total. The first-order valence-corrected chi connectivity index (χ1v) is 6.55. The van der Waals surface area contributed by atoms with Crippen molar-refractivity contribution in [2.24, 2.45) is 5.73 Å². The first-order valence-electron chi connectivity index (χ1n) is 6.55. The van der Waals surface area contributed by atoms with Crippen LogP contribution >= 0.6 is 0 Å². The molecule has 0 saturated heterocycles. The summed E-state index contributed by atoms with van der Waals surface area (Å²) in [6.45, 7) is 5.36. The molecule has 0 unspecified atom stereocenters. The van der Waals surface area contributed by atoms with E-state index in [2.05, 4.69) is 31.0 Å². The zero-order valence-electron chi connectivity index (χ0n) is 11.5. The predicted molar refractivity (Wildman–Crippen MR) is 77.0 cm³/mol. The zero-order chi connectivity index (χ0) is 13.7. The second-order valence-corrected chi connectivity index (χ2v) is 4.87. The summed E-state index contributed by atoms with van der Waals surface area (Å²) in [7, 11) is 0. The first-order chi connectivity index (χ1) is 9.19. The van der Waals surface area contributed by atoms with E-state index in [0.717, 1.165) is 17.0 Å². The van der Waals surface area contributed by atoms with Crippen LogP contribution < -0.4 is 10.5 Å². The molecule has 2 aromatic rings. The van der Waals surface area contributed by atoms with Gasteiger partial charge in [-0.15, -0.1) is 0 Å². The Morgan fingerprint density at radius 3 is 2.37 bits per heavy atom. The topological polar surface area (TPSA) is 48.1 Å². The number of pyridine rings is 1. The number of hydrogen-bond donors (Lipinski definition) is 1. The van der Waals surface area contributed by atoms with Crippen LogP contribution in [0.1, 0.15) is 36.6 Å². The highest BCUT2D eigenvalue weighted by Crippen LogP contribution is 2.19. The molecule has 0 aliphatic carbocycles. The molecule has 0 bridgehead atoms. The van der Waals surface area contributed by atoms with Crippen LogP contribution in [0.2, 0.25) is 0 Å². The highest BCUT2D eigenvalue weighted by molar-refractivity contribution is 5.29. The average Bonchev–Trinajstić information content (AvgIpc) is 2.46. The lowest BCUT2D eigenvalue weighted by Crippen LogP contribution is -2.01. The lowest BCUT2D eigenvalue weighted by molar-refractivity contribution is 0.301. The van der Waals surface area contributed by atoms with Crippen molar-refractivity contribution >= 4 is 0 Å². The molecule has 1 heterocycles. The van der Waals surface area contributed by atoms with Crippen LogP contribution in [0.4, 0.5) is 0 Å². The van der Waals surface area contributed by atoms with Crippen molar-refractivity contribution in [3.05, 3.63) is 59.4 Å². The second-order valence-electron chi connectivity index (χ2n) is 4.87. The molecule has 3 nitrogen and oxygen atoms in total. The van der Waals surface area contributed by atoms with E-state index in [-0.39, 0.29) is 0 Å². The van der Waals surface area contributed by atoms with Crippen molar-refractivity contribution in [1.29, 1.82) is 0 Å². The highest BCUT2D eigenvalue weighted by Gasteiger charge is 2.01. The molecule has 1 aromatic heterocycles. The fraction of sp³-hybridized carbons (Fsp3) is 0.312. The fourth-order valence-corrected chi connectivity index (χ4v) is 1.77. The summed E-state index contributed by atoms with van der Waals surface area (Å²) < 4.78 is 5.71. The van der Waals surface area contributed by atoms with E-state index in [4.69, 9.17) is 10.5 Å². The highest BCUT2D eigenvalue weighted by atomic mass is 16.5. The average molecular weight is 256 g/mol. The van der Waals surface area contributed by atoms with E-state index < -0.39 is 0 Å². The second kappa shape index (κ2) is 6.34. The maximum atomic E-state index is 5.71. The third kappa shape index (κ3) is 3.80. The van der Waals surface area contributed by atoms with E-state index >= 15 is 0 Å². The lowest BCUT2D eigenvalue weighted by Gasteiger charge is -2.09. The summed E-state index contributed by atoms with van der Waals surface area (Å²) in [5.41, 5.74) is 8.79. The normalized spacial score (nSPS) is 10.7. The smallest absolute Gasteiger partial charge is 0.130 e. The Kier molecular flexibility index (Phi) is 4.53. The maximum Gasteiger partial charge on any atom is 0.130 e. The van der Waals surface area contributed by atoms with Gasteiger partial charge in [0.05, 0.1) is 5.69 Å². The van der Waals surface area contributed by atoms with Gasteiger partial charge in [-0.3, -0.25) is 4.98 Å². The summed E-state index contributed by atoms with van der Waals surface area (Å²) in [5.74, 6) is 1.41. The number of ether oxygens (including phenoxy) is 1. The van der Waals surface area contributed by atoms with Crippen molar-refractivity contribution in [3.8, 4) is 5.75 Å². The van der Waals surface area contributed by atoms with Gasteiger partial charge in [0, 0.05) is 12.7 Å². The summed E-state index contributed by atoms with van der Waals surface area (Å²) in [5, 5.41) is 0. The van der Waals surface area contributed by atoms with Gasteiger partial charge in [-0.2, -0.15) is 0 Å². The van der Waals surface area contributed by atoms with Crippen LogP contribution in [0.5, 0.6) is 5.75 Å². The molecule has 3 heteroatoms. The molecule has 0 aliphatic heterocycles. The zero-order valence-corrected chi connectivity index (χ0v) is 11.5. The van der Waals surface area contributed by atoms with E-state index in [1.807, 2.05) is 24.3 Å². The Labute approximate surface area is 114 Å². The molecule has 100 valence electrons. The van der Waals surface area contributed by atoms with Crippen molar-refractivity contribution in [1.82, 2.24) is 4.98 Å². The van der Waals surface area contributed by atoms with Crippen LogP contribution in [-0.2, 0) is 13.2 Å². The number of hydrogen-bond acceptors (Lipinski definition) is 3. The summed E-state index contributed by atoms with van der Waals surface area (Å²) in [6, 6.07) is 12.1. The molecule has 0 atom stereocenters. The largest absolute Gasteiger partial charge is 0.487 e. The maximum absolute atomic E-state index is 5.71. The van der Waals surface area contributed by atoms with Gasteiger partial charge in [0.25, 0.3) is 0 Å². The minimum atomic E-state index is 0.478. The molecule has 0 spiro atoms. The third-order valence-electron chi connectivity index (χ3n) is 3.06. The van der Waals surface area contributed by atoms with Crippen LogP contribution in [0.3, 0.4) is 0 Å². The summed E-state index contributed by atoms with van der Waals surface area (Å²) in [6.07, 6.45) is 1.79.